The van der Waals surface area contributed by atoms with E-state index in [1.54, 1.807) is 36.4 Å². The molecule has 2 unspecified atom stereocenters. The second-order valence-electron chi connectivity index (χ2n) is 10.5. The fourth-order valence-electron chi connectivity index (χ4n) is 5.89. The van der Waals surface area contributed by atoms with Crippen LogP contribution in [-0.2, 0) is 24.3 Å². The highest BCUT2D eigenvalue weighted by molar-refractivity contribution is 6.31. The first-order valence-corrected chi connectivity index (χ1v) is 13.9. The number of nitrogens with one attached hydrogen (secondary N) is 2. The van der Waals surface area contributed by atoms with Crippen LogP contribution in [0.2, 0.25) is 5.02 Å². The maximum absolute atomic E-state index is 14.4. The molecule has 4 aromatic rings. The van der Waals surface area contributed by atoms with Crippen LogP contribution in [0.4, 0.5) is 15.8 Å². The Labute approximate surface area is 240 Å². The predicted octanol–water partition coefficient (Wildman–Crippen LogP) is 4.97. The summed E-state index contributed by atoms with van der Waals surface area (Å²) in [6, 6.07) is 18.4. The number of carbonyl (C=O) groups excluding carboxylic acids is 2. The lowest BCUT2D eigenvalue weighted by Gasteiger charge is -2.44. The number of carbonyl (C=O) groups is 2. The Morgan fingerprint density at radius 3 is 2.68 bits per heavy atom. The van der Waals surface area contributed by atoms with Crippen LogP contribution in [0.3, 0.4) is 0 Å². The number of rotatable bonds is 7. The molecule has 0 radical (unpaired) electrons. The molecule has 10 heteroatoms. The smallest absolute Gasteiger partial charge is 0.251 e. The minimum Gasteiger partial charge on any atom is -0.467 e. The van der Waals surface area contributed by atoms with Crippen molar-refractivity contribution in [1.29, 1.82) is 0 Å². The minimum atomic E-state index is -0.559. The summed E-state index contributed by atoms with van der Waals surface area (Å²) in [6.45, 7) is 2.17. The number of hydrogen-bond donors (Lipinski definition) is 2. The van der Waals surface area contributed by atoms with Crippen LogP contribution in [0.25, 0.3) is 0 Å². The third kappa shape index (κ3) is 5.63. The summed E-state index contributed by atoms with van der Waals surface area (Å²) >= 11 is 6.17. The first-order valence-electron chi connectivity index (χ1n) is 13.5. The molecule has 2 N–H and O–H groups in total. The first-order chi connectivity index (χ1) is 19.9. The number of aromatic nitrogens is 1. The molecule has 2 atom stereocenters. The van der Waals surface area contributed by atoms with Crippen LogP contribution in [0.1, 0.15) is 39.7 Å². The van der Waals surface area contributed by atoms with Gasteiger partial charge < -0.3 is 24.5 Å². The van der Waals surface area contributed by atoms with E-state index in [0.29, 0.717) is 36.6 Å². The van der Waals surface area contributed by atoms with Gasteiger partial charge in [-0.3, -0.25) is 14.4 Å². The van der Waals surface area contributed by atoms with E-state index in [4.69, 9.17) is 16.0 Å². The summed E-state index contributed by atoms with van der Waals surface area (Å²) in [5, 5.41) is 5.91. The van der Waals surface area contributed by atoms with E-state index in [0.717, 1.165) is 17.8 Å². The van der Waals surface area contributed by atoms with Gasteiger partial charge in [-0.25, -0.2) is 4.39 Å². The van der Waals surface area contributed by atoms with Crippen molar-refractivity contribution in [2.24, 2.45) is 5.92 Å². The van der Waals surface area contributed by atoms with Gasteiger partial charge in [0.1, 0.15) is 11.6 Å². The van der Waals surface area contributed by atoms with E-state index in [1.165, 1.54) is 24.5 Å². The number of hydrogen-bond acceptors (Lipinski definition) is 5. The number of piperidine rings is 1. The number of fused-ring (bicyclic) bond motifs is 4. The topological polar surface area (TPSA) is 96.6 Å². The van der Waals surface area contributed by atoms with Gasteiger partial charge in [0.2, 0.25) is 5.91 Å². The quantitative estimate of drug-likeness (QED) is 0.325. The Morgan fingerprint density at radius 2 is 1.88 bits per heavy atom. The molecule has 2 amide bonds. The number of amides is 2. The molecular formula is C31H28ClFN4O4. The van der Waals surface area contributed by atoms with Crippen molar-refractivity contribution in [1.82, 2.24) is 9.88 Å². The van der Waals surface area contributed by atoms with Crippen molar-refractivity contribution < 1.29 is 18.4 Å². The summed E-state index contributed by atoms with van der Waals surface area (Å²) in [4.78, 5) is 40.8. The number of benzene rings is 2. The molecule has 0 saturated carbocycles. The monoisotopic (exact) mass is 574 g/mol. The second-order valence-corrected chi connectivity index (χ2v) is 10.9. The van der Waals surface area contributed by atoms with E-state index in [9.17, 15) is 18.8 Å². The summed E-state index contributed by atoms with van der Waals surface area (Å²) in [7, 11) is 0. The van der Waals surface area contributed by atoms with Gasteiger partial charge in [0.15, 0.2) is 0 Å². The third-order valence-electron chi connectivity index (χ3n) is 7.76. The van der Waals surface area contributed by atoms with E-state index in [2.05, 4.69) is 15.5 Å². The molecule has 2 aliphatic rings. The normalized spacial score (nSPS) is 17.6. The zero-order valence-corrected chi connectivity index (χ0v) is 22.9. The maximum Gasteiger partial charge on any atom is 0.251 e. The van der Waals surface area contributed by atoms with Crippen LogP contribution in [0.15, 0.2) is 82.2 Å². The Kier molecular flexibility index (Phi) is 7.36. The van der Waals surface area contributed by atoms with Gasteiger partial charge in [0.05, 0.1) is 30.6 Å². The van der Waals surface area contributed by atoms with Gasteiger partial charge in [-0.05, 0) is 60.9 Å². The second kappa shape index (κ2) is 11.2. The van der Waals surface area contributed by atoms with E-state index < -0.39 is 11.7 Å². The molecule has 210 valence electrons. The summed E-state index contributed by atoms with van der Waals surface area (Å²) in [6.07, 6.45) is 2.25. The number of nitrogens with zero attached hydrogens (tertiary/aromatic N) is 2. The van der Waals surface area contributed by atoms with Crippen molar-refractivity contribution in [3.63, 3.8) is 0 Å². The number of pyridine rings is 1. The molecule has 2 aromatic carbocycles. The molecule has 4 heterocycles. The van der Waals surface area contributed by atoms with Crippen molar-refractivity contribution in [3.05, 3.63) is 117 Å². The number of halogens is 2. The van der Waals surface area contributed by atoms with Crippen LogP contribution >= 0.6 is 11.6 Å². The Morgan fingerprint density at radius 1 is 1.02 bits per heavy atom. The zero-order chi connectivity index (χ0) is 28.5. The first kappa shape index (κ1) is 26.8. The predicted molar refractivity (Wildman–Crippen MR) is 154 cm³/mol. The van der Waals surface area contributed by atoms with Gasteiger partial charge in [-0.2, -0.15) is 0 Å². The molecule has 0 spiro atoms. The van der Waals surface area contributed by atoms with Gasteiger partial charge in [-0.15, -0.1) is 0 Å². The molecular weight excluding hydrogens is 547 g/mol. The molecule has 1 saturated heterocycles. The Hall–Kier alpha value is -4.37. The lowest BCUT2D eigenvalue weighted by molar-refractivity contribution is -0.115. The van der Waals surface area contributed by atoms with Gasteiger partial charge in [-0.1, -0.05) is 23.7 Å². The number of furan rings is 1. The standard InChI is InChI=1S/C31H28ClFN4O4/c32-24-5-1-6-25(33)23(24)14-29(38)35-26-13-20(31(40)34-15-22-4-3-11-41-22)9-10-28(26)36-16-19-12-21(18-36)27-7-2-8-30(39)37(27)17-19/h1-11,13,19,21H,12,14-18H2,(H,34,40)(H,35,38). The van der Waals surface area contributed by atoms with E-state index in [1.807, 2.05) is 16.7 Å². The fraction of sp³-hybridized carbons (Fsp3) is 0.258. The van der Waals surface area contributed by atoms with Crippen molar-refractivity contribution in [2.45, 2.75) is 31.8 Å². The van der Waals surface area contributed by atoms with E-state index >= 15 is 0 Å². The molecule has 2 aliphatic heterocycles. The highest BCUT2D eigenvalue weighted by Gasteiger charge is 2.35. The molecule has 8 nitrogen and oxygen atoms in total. The van der Waals surface area contributed by atoms with Crippen LogP contribution in [-0.4, -0.2) is 29.5 Å². The van der Waals surface area contributed by atoms with Crippen molar-refractivity contribution in [3.8, 4) is 0 Å². The molecule has 0 aliphatic carbocycles. The fourth-order valence-corrected chi connectivity index (χ4v) is 6.11. The van der Waals surface area contributed by atoms with Gasteiger partial charge in [0, 0.05) is 53.5 Å². The zero-order valence-electron chi connectivity index (χ0n) is 22.1. The van der Waals surface area contributed by atoms with Crippen molar-refractivity contribution in [2.75, 3.05) is 23.3 Å². The minimum absolute atomic E-state index is 0.00956. The summed E-state index contributed by atoms with van der Waals surface area (Å²) < 4.78 is 21.6. The van der Waals surface area contributed by atoms with Crippen LogP contribution < -0.4 is 21.1 Å². The number of anilines is 2. The SMILES string of the molecule is O=C(Cc1c(F)cccc1Cl)Nc1cc(C(=O)NCc2ccco2)ccc1N1CC2CC(C1)c1cccc(=O)n1C2. The maximum atomic E-state index is 14.4. The Balaban J connectivity index is 1.29. The average Bonchev–Trinajstić information content (AvgIpc) is 3.48. The van der Waals surface area contributed by atoms with Crippen LogP contribution in [0.5, 0.6) is 0 Å². The molecule has 2 aromatic heterocycles. The Bertz CT molecular complexity index is 1650. The van der Waals surface area contributed by atoms with Crippen molar-refractivity contribution >= 4 is 34.8 Å². The van der Waals surface area contributed by atoms with Gasteiger partial charge in [0.25, 0.3) is 11.5 Å². The molecule has 2 bridgehead atoms. The van der Waals surface area contributed by atoms with Crippen LogP contribution in [0, 0.1) is 11.7 Å². The largest absolute Gasteiger partial charge is 0.467 e. The lowest BCUT2D eigenvalue weighted by Crippen LogP contribution is -2.47. The molecule has 41 heavy (non-hydrogen) atoms. The summed E-state index contributed by atoms with van der Waals surface area (Å²) in [5.41, 5.74) is 2.67. The summed E-state index contributed by atoms with van der Waals surface area (Å²) in [5.74, 6) is -0.335. The lowest BCUT2D eigenvalue weighted by atomic mass is 9.83. The molecule has 1 fully saturated rings. The highest BCUT2D eigenvalue weighted by atomic mass is 35.5. The van der Waals surface area contributed by atoms with Gasteiger partial charge >= 0.3 is 0 Å². The van der Waals surface area contributed by atoms with E-state index in [-0.39, 0.29) is 46.9 Å². The average molecular weight is 575 g/mol. The third-order valence-corrected chi connectivity index (χ3v) is 8.11. The highest BCUT2D eigenvalue weighted by Crippen LogP contribution is 2.39. The molecule has 6 rings (SSSR count).